The van der Waals surface area contributed by atoms with Crippen LogP contribution in [0.1, 0.15) is 24.3 Å². The number of rotatable bonds is 7. The number of nitrogens with two attached hydrogens (primary N) is 1. The number of primary amides is 1. The topological polar surface area (TPSA) is 77.7 Å². The van der Waals surface area contributed by atoms with Crippen molar-refractivity contribution in [2.75, 3.05) is 26.3 Å². The largest absolute Gasteiger partial charge is 0.484 e. The van der Waals surface area contributed by atoms with Crippen molar-refractivity contribution in [1.82, 2.24) is 9.88 Å². The number of amides is 1. The number of pyridine rings is 1. The molecule has 0 radical (unpaired) electrons. The van der Waals surface area contributed by atoms with Crippen LogP contribution in [0.3, 0.4) is 0 Å². The maximum atomic E-state index is 10.8. The fraction of sp³-hybridized carbons (Fsp3) is 0.400. The first-order chi connectivity index (χ1) is 13.0. The number of nitrogens with zero attached hydrogens (tertiary/aromatic N) is 2. The molecule has 1 aromatic heterocycles. The number of aromatic nitrogens is 1. The summed E-state index contributed by atoms with van der Waals surface area (Å²) < 4.78 is 11.2. The highest BCUT2D eigenvalue weighted by Crippen LogP contribution is 2.24. The van der Waals surface area contributed by atoms with Crippen LogP contribution >= 0.6 is 11.6 Å². The van der Waals surface area contributed by atoms with E-state index in [0.717, 1.165) is 25.2 Å². The van der Waals surface area contributed by atoms with E-state index in [1.165, 1.54) is 5.56 Å². The van der Waals surface area contributed by atoms with Crippen LogP contribution in [0.5, 0.6) is 5.75 Å². The first kappa shape index (κ1) is 19.6. The molecule has 2 unspecified atom stereocenters. The summed E-state index contributed by atoms with van der Waals surface area (Å²) in [5.41, 5.74) is 7.17. The fourth-order valence-electron chi connectivity index (χ4n) is 3.20. The zero-order chi connectivity index (χ0) is 19.2. The molecule has 1 saturated heterocycles. The Hall–Kier alpha value is -2.15. The zero-order valence-electron chi connectivity index (χ0n) is 15.3. The highest BCUT2D eigenvalue weighted by molar-refractivity contribution is 6.29. The molecular formula is C20H24ClN3O3. The van der Waals surface area contributed by atoms with Gasteiger partial charge in [0.15, 0.2) is 6.61 Å². The first-order valence-electron chi connectivity index (χ1n) is 8.99. The number of carbonyl (C=O) groups is 1. The van der Waals surface area contributed by atoms with Gasteiger partial charge < -0.3 is 15.2 Å². The van der Waals surface area contributed by atoms with Crippen molar-refractivity contribution >= 4 is 17.5 Å². The molecular weight excluding hydrogens is 366 g/mol. The van der Waals surface area contributed by atoms with Crippen molar-refractivity contribution in [3.63, 3.8) is 0 Å². The second-order valence-corrected chi connectivity index (χ2v) is 7.08. The lowest BCUT2D eigenvalue weighted by atomic mass is 10.0. The zero-order valence-corrected chi connectivity index (χ0v) is 16.1. The van der Waals surface area contributed by atoms with Crippen LogP contribution in [-0.2, 0) is 16.0 Å². The van der Waals surface area contributed by atoms with Crippen LogP contribution in [0.25, 0.3) is 0 Å². The van der Waals surface area contributed by atoms with Gasteiger partial charge in [0, 0.05) is 19.1 Å². The van der Waals surface area contributed by atoms with Gasteiger partial charge in [-0.05, 0) is 43.2 Å². The second kappa shape index (κ2) is 9.17. The highest BCUT2D eigenvalue weighted by atomic mass is 35.5. The molecule has 6 nitrogen and oxygen atoms in total. The van der Waals surface area contributed by atoms with Crippen molar-refractivity contribution < 1.29 is 14.3 Å². The van der Waals surface area contributed by atoms with E-state index in [9.17, 15) is 4.79 Å². The van der Waals surface area contributed by atoms with Crippen molar-refractivity contribution in [3.05, 3.63) is 58.9 Å². The summed E-state index contributed by atoms with van der Waals surface area (Å²) in [4.78, 5) is 17.6. The maximum Gasteiger partial charge on any atom is 0.255 e. The van der Waals surface area contributed by atoms with E-state index in [2.05, 4.69) is 16.8 Å². The third kappa shape index (κ3) is 5.66. The van der Waals surface area contributed by atoms with E-state index in [1.54, 1.807) is 6.07 Å². The molecule has 1 amide bonds. The van der Waals surface area contributed by atoms with Gasteiger partial charge in [0.1, 0.15) is 17.0 Å². The Bertz CT molecular complexity index is 769. The molecule has 0 spiro atoms. The summed E-state index contributed by atoms with van der Waals surface area (Å²) >= 11 is 6.01. The molecule has 2 aromatic rings. The van der Waals surface area contributed by atoms with Crippen molar-refractivity contribution in [2.24, 2.45) is 5.73 Å². The molecule has 1 fully saturated rings. The molecule has 3 rings (SSSR count). The highest BCUT2D eigenvalue weighted by Gasteiger charge is 2.26. The number of halogens is 1. The Balaban J connectivity index is 1.57. The van der Waals surface area contributed by atoms with E-state index < -0.39 is 5.91 Å². The molecule has 7 heteroatoms. The molecule has 0 bridgehead atoms. The Morgan fingerprint density at radius 1 is 1.37 bits per heavy atom. The molecule has 2 heterocycles. The number of morpholine rings is 1. The minimum atomic E-state index is -0.483. The van der Waals surface area contributed by atoms with Gasteiger partial charge in [0.25, 0.3) is 5.91 Å². The Morgan fingerprint density at radius 3 is 2.85 bits per heavy atom. The lowest BCUT2D eigenvalue weighted by Crippen LogP contribution is -2.44. The number of hydrogen-bond donors (Lipinski definition) is 1. The van der Waals surface area contributed by atoms with E-state index in [4.69, 9.17) is 26.8 Å². The number of hydrogen-bond acceptors (Lipinski definition) is 5. The Labute approximate surface area is 164 Å². The average Bonchev–Trinajstić information content (AvgIpc) is 2.67. The van der Waals surface area contributed by atoms with Crippen LogP contribution in [0.2, 0.25) is 5.15 Å². The summed E-state index contributed by atoms with van der Waals surface area (Å²) in [5.74, 6) is 0.160. The van der Waals surface area contributed by atoms with Crippen LogP contribution in [0.4, 0.5) is 0 Å². The summed E-state index contributed by atoms with van der Waals surface area (Å²) in [5, 5.41) is 0.486. The summed E-state index contributed by atoms with van der Waals surface area (Å²) in [6, 6.07) is 13.7. The van der Waals surface area contributed by atoms with Crippen molar-refractivity contribution in [1.29, 1.82) is 0 Å². The van der Waals surface area contributed by atoms with Gasteiger partial charge in [-0.15, -0.1) is 0 Å². The second-order valence-electron chi connectivity index (χ2n) is 6.69. The quantitative estimate of drug-likeness (QED) is 0.736. The van der Waals surface area contributed by atoms with Gasteiger partial charge >= 0.3 is 0 Å². The van der Waals surface area contributed by atoms with Crippen LogP contribution in [0.15, 0.2) is 42.5 Å². The molecule has 1 aromatic carbocycles. The standard InChI is InChI=1S/C20H24ClN3O3/c1-14(11-15-5-7-16(8-6-15)27-13-20(22)25)24-9-10-26-18(12-24)17-3-2-4-19(21)23-17/h2-8,14,18H,9-13H2,1H3,(H2,22,25). The van der Waals surface area contributed by atoms with E-state index in [0.29, 0.717) is 23.6 Å². The minimum Gasteiger partial charge on any atom is -0.484 e. The van der Waals surface area contributed by atoms with Gasteiger partial charge in [0.2, 0.25) is 0 Å². The predicted octanol–water partition coefficient (Wildman–Crippen LogP) is 2.60. The van der Waals surface area contributed by atoms with Crippen LogP contribution in [0, 0.1) is 0 Å². The molecule has 1 aliphatic heterocycles. The van der Waals surface area contributed by atoms with E-state index in [1.807, 2.05) is 36.4 Å². The van der Waals surface area contributed by atoms with Gasteiger partial charge in [-0.1, -0.05) is 29.8 Å². The molecule has 1 aliphatic rings. The van der Waals surface area contributed by atoms with E-state index >= 15 is 0 Å². The average molecular weight is 390 g/mol. The maximum absolute atomic E-state index is 10.8. The van der Waals surface area contributed by atoms with Gasteiger partial charge in [0.05, 0.1) is 12.3 Å². The predicted molar refractivity (Wildman–Crippen MR) is 104 cm³/mol. The third-order valence-corrected chi connectivity index (χ3v) is 4.83. The Kier molecular flexibility index (Phi) is 6.66. The summed E-state index contributed by atoms with van der Waals surface area (Å²) in [6.45, 7) is 4.45. The summed E-state index contributed by atoms with van der Waals surface area (Å²) in [7, 11) is 0. The van der Waals surface area contributed by atoms with Crippen molar-refractivity contribution in [2.45, 2.75) is 25.5 Å². The van der Waals surface area contributed by atoms with Gasteiger partial charge in [-0.25, -0.2) is 4.98 Å². The number of carbonyl (C=O) groups excluding carboxylic acids is 1. The minimum absolute atomic E-state index is 0.0653. The normalized spacial score (nSPS) is 18.8. The number of ether oxygens (including phenoxy) is 2. The third-order valence-electron chi connectivity index (χ3n) is 4.62. The smallest absolute Gasteiger partial charge is 0.255 e. The lowest BCUT2D eigenvalue weighted by Gasteiger charge is -2.36. The number of benzene rings is 1. The molecule has 2 atom stereocenters. The Morgan fingerprint density at radius 2 is 2.15 bits per heavy atom. The monoisotopic (exact) mass is 389 g/mol. The fourth-order valence-corrected chi connectivity index (χ4v) is 3.37. The summed E-state index contributed by atoms with van der Waals surface area (Å²) in [6.07, 6.45) is 0.843. The molecule has 27 heavy (non-hydrogen) atoms. The van der Waals surface area contributed by atoms with Crippen molar-refractivity contribution in [3.8, 4) is 5.75 Å². The lowest BCUT2D eigenvalue weighted by molar-refractivity contribution is -0.119. The van der Waals surface area contributed by atoms with E-state index in [-0.39, 0.29) is 12.7 Å². The molecule has 144 valence electrons. The van der Waals surface area contributed by atoms with Crippen LogP contribution < -0.4 is 10.5 Å². The van der Waals surface area contributed by atoms with Gasteiger partial charge in [-0.3, -0.25) is 9.69 Å². The molecule has 0 saturated carbocycles. The first-order valence-corrected chi connectivity index (χ1v) is 9.37. The molecule has 0 aliphatic carbocycles. The SMILES string of the molecule is CC(Cc1ccc(OCC(N)=O)cc1)N1CCOC(c2cccc(Cl)n2)C1. The molecule has 2 N–H and O–H groups in total. The van der Waals surface area contributed by atoms with Crippen LogP contribution in [-0.4, -0.2) is 48.1 Å². The van der Waals surface area contributed by atoms with Gasteiger partial charge in [-0.2, -0.15) is 0 Å².